The fourth-order valence-electron chi connectivity index (χ4n) is 1.51. The van der Waals surface area contributed by atoms with Crippen molar-refractivity contribution in [3.8, 4) is 0 Å². The summed E-state index contributed by atoms with van der Waals surface area (Å²) in [6, 6.07) is 9.62. The van der Waals surface area contributed by atoms with Crippen LogP contribution in [-0.2, 0) is 4.79 Å². The van der Waals surface area contributed by atoms with Crippen LogP contribution in [0.1, 0.15) is 6.42 Å². The van der Waals surface area contributed by atoms with Crippen LogP contribution in [0.5, 0.6) is 0 Å². The first kappa shape index (κ1) is 8.57. The molecular weight excluding hydrogens is 186 g/mol. The molecule has 0 spiro atoms. The summed E-state index contributed by atoms with van der Waals surface area (Å²) in [4.78, 5) is 13.2. The highest BCUT2D eigenvalue weighted by molar-refractivity contribution is 6.33. The van der Waals surface area contributed by atoms with Crippen molar-refractivity contribution in [3.63, 3.8) is 0 Å². The van der Waals surface area contributed by atoms with Gasteiger partial charge >= 0.3 is 0 Å². The molecule has 0 bridgehead atoms. The van der Waals surface area contributed by atoms with Crippen molar-refractivity contribution in [2.24, 2.45) is 0 Å². The molecule has 2 nitrogen and oxygen atoms in total. The molecule has 1 amide bonds. The molecular formula is C10H10ClNO. The topological polar surface area (TPSA) is 20.3 Å². The Morgan fingerprint density at radius 3 is 2.54 bits per heavy atom. The molecule has 0 aliphatic carbocycles. The Balaban J connectivity index is 2.24. The second kappa shape index (κ2) is 3.38. The lowest BCUT2D eigenvalue weighted by Gasteiger charge is -2.15. The summed E-state index contributed by atoms with van der Waals surface area (Å²) in [7, 11) is 0. The Morgan fingerprint density at radius 2 is 2.00 bits per heavy atom. The molecule has 1 fully saturated rings. The second-order valence-electron chi connectivity index (χ2n) is 3.08. The molecule has 2 rings (SSSR count). The summed E-state index contributed by atoms with van der Waals surface area (Å²) < 4.78 is 0. The number of carbonyl (C=O) groups excluding carboxylic acids is 1. The lowest BCUT2D eigenvalue weighted by atomic mass is 10.3. The fourth-order valence-corrected chi connectivity index (χ4v) is 1.72. The summed E-state index contributed by atoms with van der Waals surface area (Å²) in [6.07, 6.45) is 0.745. The second-order valence-corrected chi connectivity index (χ2v) is 3.61. The van der Waals surface area contributed by atoms with E-state index in [4.69, 9.17) is 11.6 Å². The van der Waals surface area contributed by atoms with Crippen molar-refractivity contribution < 1.29 is 4.79 Å². The van der Waals surface area contributed by atoms with E-state index >= 15 is 0 Å². The van der Waals surface area contributed by atoms with Crippen LogP contribution >= 0.6 is 11.6 Å². The molecule has 0 N–H and O–H groups in total. The lowest BCUT2D eigenvalue weighted by molar-refractivity contribution is -0.116. The molecule has 0 saturated carbocycles. The van der Waals surface area contributed by atoms with Crippen molar-refractivity contribution in [1.82, 2.24) is 0 Å². The monoisotopic (exact) mass is 195 g/mol. The molecule has 1 unspecified atom stereocenters. The SMILES string of the molecule is O=C1C(Cl)CCN1c1ccccc1. The molecule has 1 heterocycles. The maximum atomic E-state index is 11.5. The van der Waals surface area contributed by atoms with Gasteiger partial charge in [-0.15, -0.1) is 11.6 Å². The van der Waals surface area contributed by atoms with Crippen molar-refractivity contribution in [1.29, 1.82) is 0 Å². The van der Waals surface area contributed by atoms with E-state index < -0.39 is 0 Å². The van der Waals surface area contributed by atoms with Gasteiger partial charge in [-0.1, -0.05) is 18.2 Å². The predicted molar refractivity (Wildman–Crippen MR) is 53.1 cm³/mol. The number of amides is 1. The van der Waals surface area contributed by atoms with Crippen LogP contribution in [0.3, 0.4) is 0 Å². The molecule has 0 radical (unpaired) electrons. The fraction of sp³-hybridized carbons (Fsp3) is 0.300. The number of rotatable bonds is 1. The van der Waals surface area contributed by atoms with Gasteiger partial charge in [-0.25, -0.2) is 0 Å². The normalized spacial score (nSPS) is 22.4. The van der Waals surface area contributed by atoms with Crippen LogP contribution < -0.4 is 4.90 Å². The number of alkyl halides is 1. The standard InChI is InChI=1S/C10H10ClNO/c11-9-6-7-12(10(9)13)8-4-2-1-3-5-8/h1-5,9H,6-7H2. The smallest absolute Gasteiger partial charge is 0.245 e. The Labute approximate surface area is 82.1 Å². The van der Waals surface area contributed by atoms with Crippen molar-refractivity contribution in [3.05, 3.63) is 30.3 Å². The van der Waals surface area contributed by atoms with Gasteiger partial charge in [0.25, 0.3) is 0 Å². The van der Waals surface area contributed by atoms with E-state index in [1.165, 1.54) is 0 Å². The molecule has 1 aromatic rings. The van der Waals surface area contributed by atoms with Gasteiger partial charge in [0.15, 0.2) is 0 Å². The molecule has 1 aliphatic rings. The average Bonchev–Trinajstić information content (AvgIpc) is 2.49. The number of carbonyl (C=O) groups is 1. The van der Waals surface area contributed by atoms with E-state index in [1.807, 2.05) is 30.3 Å². The number of benzene rings is 1. The third kappa shape index (κ3) is 1.54. The van der Waals surface area contributed by atoms with E-state index in [-0.39, 0.29) is 11.3 Å². The zero-order valence-corrected chi connectivity index (χ0v) is 7.87. The molecule has 1 atom stereocenters. The summed E-state index contributed by atoms with van der Waals surface area (Å²) in [5.41, 5.74) is 0.940. The maximum Gasteiger partial charge on any atom is 0.245 e. The molecule has 13 heavy (non-hydrogen) atoms. The van der Waals surface area contributed by atoms with Crippen molar-refractivity contribution in [2.45, 2.75) is 11.8 Å². The van der Waals surface area contributed by atoms with Crippen LogP contribution in [0.2, 0.25) is 0 Å². The maximum absolute atomic E-state index is 11.5. The summed E-state index contributed by atoms with van der Waals surface area (Å²) >= 11 is 5.82. The minimum Gasteiger partial charge on any atom is -0.311 e. The van der Waals surface area contributed by atoms with Crippen LogP contribution in [0.4, 0.5) is 5.69 Å². The zero-order chi connectivity index (χ0) is 9.26. The summed E-state index contributed by atoms with van der Waals surface area (Å²) in [6.45, 7) is 0.733. The Bertz CT molecular complexity index is 312. The van der Waals surface area contributed by atoms with Gasteiger partial charge in [-0.3, -0.25) is 4.79 Å². The van der Waals surface area contributed by atoms with E-state index in [9.17, 15) is 4.79 Å². The van der Waals surface area contributed by atoms with Crippen LogP contribution in [0.15, 0.2) is 30.3 Å². The largest absolute Gasteiger partial charge is 0.311 e. The first-order valence-corrected chi connectivity index (χ1v) is 4.73. The molecule has 3 heteroatoms. The van der Waals surface area contributed by atoms with Gasteiger partial charge in [0.2, 0.25) is 5.91 Å². The predicted octanol–water partition coefficient (Wildman–Crippen LogP) is 2.03. The highest BCUT2D eigenvalue weighted by atomic mass is 35.5. The van der Waals surface area contributed by atoms with Crippen LogP contribution in [0.25, 0.3) is 0 Å². The molecule has 1 saturated heterocycles. The molecule has 0 aromatic heterocycles. The molecule has 1 aliphatic heterocycles. The van der Waals surface area contributed by atoms with Gasteiger partial charge in [0, 0.05) is 12.2 Å². The third-order valence-electron chi connectivity index (χ3n) is 2.21. The van der Waals surface area contributed by atoms with E-state index in [1.54, 1.807) is 4.90 Å². The van der Waals surface area contributed by atoms with E-state index in [0.29, 0.717) is 0 Å². The lowest BCUT2D eigenvalue weighted by Crippen LogP contribution is -2.26. The average molecular weight is 196 g/mol. The first-order valence-electron chi connectivity index (χ1n) is 4.29. The van der Waals surface area contributed by atoms with Gasteiger partial charge in [-0.05, 0) is 18.6 Å². The van der Waals surface area contributed by atoms with Gasteiger partial charge in [-0.2, -0.15) is 0 Å². The van der Waals surface area contributed by atoms with Gasteiger partial charge < -0.3 is 4.90 Å². The van der Waals surface area contributed by atoms with E-state index in [2.05, 4.69) is 0 Å². The number of para-hydroxylation sites is 1. The highest BCUT2D eigenvalue weighted by Gasteiger charge is 2.30. The Kier molecular flexibility index (Phi) is 2.23. The molecule has 68 valence electrons. The Hall–Kier alpha value is -1.02. The number of anilines is 1. The Morgan fingerprint density at radius 1 is 1.31 bits per heavy atom. The van der Waals surface area contributed by atoms with E-state index in [0.717, 1.165) is 18.7 Å². The third-order valence-corrected chi connectivity index (χ3v) is 2.61. The number of halogens is 1. The minimum atomic E-state index is -0.333. The minimum absolute atomic E-state index is 0.0212. The zero-order valence-electron chi connectivity index (χ0n) is 7.11. The van der Waals surface area contributed by atoms with Crippen LogP contribution in [0, 0.1) is 0 Å². The van der Waals surface area contributed by atoms with Crippen molar-refractivity contribution in [2.75, 3.05) is 11.4 Å². The van der Waals surface area contributed by atoms with Gasteiger partial charge in [0.05, 0.1) is 0 Å². The first-order chi connectivity index (χ1) is 6.29. The van der Waals surface area contributed by atoms with Gasteiger partial charge in [0.1, 0.15) is 5.38 Å². The molecule has 1 aromatic carbocycles. The van der Waals surface area contributed by atoms with Crippen LogP contribution in [-0.4, -0.2) is 17.8 Å². The number of nitrogens with zero attached hydrogens (tertiary/aromatic N) is 1. The number of hydrogen-bond acceptors (Lipinski definition) is 1. The highest BCUT2D eigenvalue weighted by Crippen LogP contribution is 2.23. The van der Waals surface area contributed by atoms with Crippen molar-refractivity contribution >= 4 is 23.2 Å². The quantitative estimate of drug-likeness (QED) is 0.628. The number of hydrogen-bond donors (Lipinski definition) is 0. The summed E-state index contributed by atoms with van der Waals surface area (Å²) in [5, 5.41) is -0.333. The summed E-state index contributed by atoms with van der Waals surface area (Å²) in [5.74, 6) is 0.0212.